The van der Waals surface area contributed by atoms with Gasteiger partial charge in [0, 0.05) is 36.7 Å². The molecule has 0 fully saturated rings. The highest BCUT2D eigenvalue weighted by Gasteiger charge is 2.43. The number of carbonyl (C=O) groups is 1. The van der Waals surface area contributed by atoms with E-state index in [1.54, 1.807) is 0 Å². The molecule has 1 aromatic rings. The van der Waals surface area contributed by atoms with Crippen LogP contribution in [0.5, 0.6) is 0 Å². The number of Topliss-reactive ketones (excluding diaryl/α,β-unsaturated/α-hetero) is 1. The first-order chi connectivity index (χ1) is 13.9. The lowest BCUT2D eigenvalue weighted by Gasteiger charge is -2.45. The van der Waals surface area contributed by atoms with Gasteiger partial charge >= 0.3 is 0 Å². The van der Waals surface area contributed by atoms with Crippen LogP contribution in [0.15, 0.2) is 41.0 Å². The Balaban J connectivity index is 1.87. The number of hydrogen-bond acceptors (Lipinski definition) is 5. The SMILES string of the molecule is C[C@@H]1CC(C)(C)N(C)c2ccc([C@H]3C(C#N)=C(N)OC4=C3C(=O)CC(C)(C)C4)cc21. The summed E-state index contributed by atoms with van der Waals surface area (Å²) < 4.78 is 5.82. The number of carbonyl (C=O) groups excluding carboxylic acids is 1. The van der Waals surface area contributed by atoms with Gasteiger partial charge in [-0.2, -0.15) is 5.26 Å². The van der Waals surface area contributed by atoms with Crippen molar-refractivity contribution in [1.82, 2.24) is 0 Å². The molecule has 0 unspecified atom stereocenters. The first-order valence-electron chi connectivity index (χ1n) is 10.7. The predicted molar refractivity (Wildman–Crippen MR) is 118 cm³/mol. The van der Waals surface area contributed by atoms with Crippen LogP contribution >= 0.6 is 0 Å². The summed E-state index contributed by atoms with van der Waals surface area (Å²) in [5.41, 5.74) is 10.4. The van der Waals surface area contributed by atoms with Gasteiger partial charge in [0.2, 0.25) is 5.88 Å². The van der Waals surface area contributed by atoms with Gasteiger partial charge in [-0.15, -0.1) is 0 Å². The summed E-state index contributed by atoms with van der Waals surface area (Å²) in [7, 11) is 2.13. The molecule has 5 heteroatoms. The van der Waals surface area contributed by atoms with Crippen LogP contribution in [0.2, 0.25) is 0 Å². The monoisotopic (exact) mass is 405 g/mol. The van der Waals surface area contributed by atoms with Gasteiger partial charge in [-0.1, -0.05) is 32.9 Å². The number of nitrogens with zero attached hydrogens (tertiary/aromatic N) is 2. The molecule has 2 atom stereocenters. The first kappa shape index (κ1) is 20.5. The Morgan fingerprint density at radius 2 is 1.93 bits per heavy atom. The second-order valence-electron chi connectivity index (χ2n) is 10.5. The Hall–Kier alpha value is -2.74. The van der Waals surface area contributed by atoms with Crippen molar-refractivity contribution in [2.24, 2.45) is 11.1 Å². The maximum absolute atomic E-state index is 13.2. The Labute approximate surface area is 179 Å². The normalized spacial score (nSPS) is 27.2. The number of rotatable bonds is 1. The van der Waals surface area contributed by atoms with Gasteiger partial charge in [-0.3, -0.25) is 4.79 Å². The predicted octanol–water partition coefficient (Wildman–Crippen LogP) is 4.86. The minimum Gasteiger partial charge on any atom is -0.444 e. The molecular formula is C25H31N3O2. The van der Waals surface area contributed by atoms with Crippen LogP contribution in [0, 0.1) is 16.7 Å². The molecule has 0 saturated heterocycles. The van der Waals surface area contributed by atoms with E-state index in [4.69, 9.17) is 10.5 Å². The summed E-state index contributed by atoms with van der Waals surface area (Å²) in [6.07, 6.45) is 2.13. The van der Waals surface area contributed by atoms with Gasteiger partial charge in [0.05, 0.1) is 5.92 Å². The van der Waals surface area contributed by atoms with Crippen LogP contribution in [0.4, 0.5) is 5.69 Å². The van der Waals surface area contributed by atoms with E-state index in [1.165, 1.54) is 11.3 Å². The van der Waals surface area contributed by atoms with Gasteiger partial charge in [0.25, 0.3) is 0 Å². The number of nitriles is 1. The lowest BCUT2D eigenvalue weighted by molar-refractivity contribution is -0.119. The molecule has 0 saturated carbocycles. The summed E-state index contributed by atoms with van der Waals surface area (Å²) >= 11 is 0. The lowest BCUT2D eigenvalue weighted by Crippen LogP contribution is -2.45. The van der Waals surface area contributed by atoms with Crippen molar-refractivity contribution in [3.05, 3.63) is 52.1 Å². The van der Waals surface area contributed by atoms with Crippen LogP contribution < -0.4 is 10.6 Å². The number of benzene rings is 1. The van der Waals surface area contributed by atoms with E-state index < -0.39 is 5.92 Å². The molecule has 0 spiro atoms. The molecular weight excluding hydrogens is 374 g/mol. The zero-order valence-electron chi connectivity index (χ0n) is 18.8. The summed E-state index contributed by atoms with van der Waals surface area (Å²) in [4.78, 5) is 15.5. The quantitative estimate of drug-likeness (QED) is 0.722. The van der Waals surface area contributed by atoms with Crippen molar-refractivity contribution in [3.8, 4) is 6.07 Å². The zero-order valence-corrected chi connectivity index (χ0v) is 18.8. The van der Waals surface area contributed by atoms with Gasteiger partial charge < -0.3 is 15.4 Å². The number of nitrogens with two attached hydrogens (primary N) is 1. The molecule has 2 aliphatic heterocycles. The third-order valence-electron chi connectivity index (χ3n) is 7.07. The minimum atomic E-state index is -0.458. The Morgan fingerprint density at radius 3 is 2.60 bits per heavy atom. The standard InChI is InChI=1S/C25H31N3O2/c1-14-10-25(4,5)28(6)18-8-7-15(9-16(14)18)21-17(13-26)23(27)30-20-12-24(2,3)11-19(29)22(20)21/h7-9,14,21H,10-12,27H2,1-6H3/t14-,21+/m1/s1. The minimum absolute atomic E-state index is 0.0514. The maximum Gasteiger partial charge on any atom is 0.205 e. The molecule has 2 N–H and O–H groups in total. The number of ether oxygens (including phenoxy) is 1. The number of hydrogen-bond donors (Lipinski definition) is 1. The Morgan fingerprint density at radius 1 is 1.23 bits per heavy atom. The van der Waals surface area contributed by atoms with E-state index in [0.717, 1.165) is 12.0 Å². The topological polar surface area (TPSA) is 79.3 Å². The van der Waals surface area contributed by atoms with Gasteiger partial charge in [-0.25, -0.2) is 0 Å². The largest absolute Gasteiger partial charge is 0.444 e. The molecule has 0 aromatic heterocycles. The van der Waals surface area contributed by atoms with Crippen molar-refractivity contribution < 1.29 is 9.53 Å². The molecule has 0 radical (unpaired) electrons. The van der Waals surface area contributed by atoms with Gasteiger partial charge in [0.1, 0.15) is 17.4 Å². The molecule has 0 bridgehead atoms. The average Bonchev–Trinajstić information content (AvgIpc) is 2.63. The third kappa shape index (κ3) is 3.10. The van der Waals surface area contributed by atoms with E-state index in [0.29, 0.717) is 35.7 Å². The molecule has 2 heterocycles. The van der Waals surface area contributed by atoms with Crippen molar-refractivity contribution in [1.29, 1.82) is 5.26 Å². The van der Waals surface area contributed by atoms with Crippen molar-refractivity contribution >= 4 is 11.5 Å². The van der Waals surface area contributed by atoms with Crippen molar-refractivity contribution in [2.45, 2.75) is 71.3 Å². The van der Waals surface area contributed by atoms with Crippen LogP contribution in [0.1, 0.15) is 76.8 Å². The summed E-state index contributed by atoms with van der Waals surface area (Å²) in [6.45, 7) is 10.9. The van der Waals surface area contributed by atoms with E-state index in [-0.39, 0.29) is 22.6 Å². The van der Waals surface area contributed by atoms with Crippen molar-refractivity contribution in [3.63, 3.8) is 0 Å². The van der Waals surface area contributed by atoms with Gasteiger partial charge in [0.15, 0.2) is 5.78 Å². The van der Waals surface area contributed by atoms with Crippen LogP contribution in [-0.4, -0.2) is 18.4 Å². The maximum atomic E-state index is 13.2. The molecule has 4 rings (SSSR count). The van der Waals surface area contributed by atoms with E-state index in [2.05, 4.69) is 64.8 Å². The third-order valence-corrected chi connectivity index (χ3v) is 7.07. The van der Waals surface area contributed by atoms with E-state index >= 15 is 0 Å². The smallest absolute Gasteiger partial charge is 0.205 e. The lowest BCUT2D eigenvalue weighted by atomic mass is 9.69. The molecule has 158 valence electrons. The second-order valence-corrected chi connectivity index (χ2v) is 10.5. The highest BCUT2D eigenvalue weighted by molar-refractivity contribution is 6.00. The number of fused-ring (bicyclic) bond motifs is 1. The highest BCUT2D eigenvalue weighted by Crippen LogP contribution is 2.50. The highest BCUT2D eigenvalue weighted by atomic mass is 16.5. The number of anilines is 1. The fourth-order valence-corrected chi connectivity index (χ4v) is 5.39. The second kappa shape index (κ2) is 6.63. The van der Waals surface area contributed by atoms with E-state index in [1.807, 2.05) is 6.07 Å². The number of ketones is 1. The fraction of sp³-hybridized carbons (Fsp3) is 0.520. The van der Waals surface area contributed by atoms with Gasteiger partial charge in [-0.05, 0) is 48.8 Å². The Kier molecular flexibility index (Phi) is 4.54. The van der Waals surface area contributed by atoms with Crippen LogP contribution in [0.3, 0.4) is 0 Å². The van der Waals surface area contributed by atoms with Crippen LogP contribution in [-0.2, 0) is 9.53 Å². The molecule has 1 aliphatic carbocycles. The number of allylic oxidation sites excluding steroid dienone is 3. The first-order valence-corrected chi connectivity index (χ1v) is 10.7. The summed E-state index contributed by atoms with van der Waals surface area (Å²) in [5, 5.41) is 9.86. The molecule has 3 aliphatic rings. The zero-order chi connectivity index (χ0) is 22.0. The van der Waals surface area contributed by atoms with Crippen LogP contribution in [0.25, 0.3) is 0 Å². The average molecular weight is 406 g/mol. The molecule has 1 aromatic carbocycles. The molecule has 0 amide bonds. The summed E-state index contributed by atoms with van der Waals surface area (Å²) in [5.74, 6) is 0.723. The summed E-state index contributed by atoms with van der Waals surface area (Å²) in [6, 6.07) is 8.56. The fourth-order valence-electron chi connectivity index (χ4n) is 5.39. The molecule has 30 heavy (non-hydrogen) atoms. The van der Waals surface area contributed by atoms with Crippen molar-refractivity contribution in [2.75, 3.05) is 11.9 Å². The molecule has 5 nitrogen and oxygen atoms in total. The van der Waals surface area contributed by atoms with E-state index in [9.17, 15) is 10.1 Å². The Bertz CT molecular complexity index is 1040.